The van der Waals surface area contributed by atoms with E-state index in [0.29, 0.717) is 6.61 Å². The highest BCUT2D eigenvalue weighted by Gasteiger charge is 2.04. The van der Waals surface area contributed by atoms with Crippen molar-refractivity contribution in [2.75, 3.05) is 13.2 Å². The zero-order chi connectivity index (χ0) is 7.98. The fourth-order valence-electron chi connectivity index (χ4n) is 0.487. The zero-order valence-corrected chi connectivity index (χ0v) is 6.26. The van der Waals surface area contributed by atoms with Gasteiger partial charge in [-0.3, -0.25) is 9.63 Å². The van der Waals surface area contributed by atoms with E-state index in [9.17, 15) is 4.79 Å². The molecule has 1 amide bonds. The smallest absolute Gasteiger partial charge is 0.243 e. The van der Waals surface area contributed by atoms with E-state index in [1.165, 1.54) is 6.92 Å². The Labute approximate surface area is 60.9 Å². The van der Waals surface area contributed by atoms with Gasteiger partial charge >= 0.3 is 0 Å². The second-order valence-electron chi connectivity index (χ2n) is 1.68. The molecule has 0 heterocycles. The zero-order valence-electron chi connectivity index (χ0n) is 6.26. The minimum absolute atomic E-state index is 0.167. The number of carbonyl (C=O) groups excluding carboxylic acids is 1. The average Bonchev–Trinajstić information content (AvgIpc) is 1.87. The van der Waals surface area contributed by atoms with Crippen LogP contribution in [0.25, 0.3) is 0 Å². The van der Waals surface area contributed by atoms with Gasteiger partial charge in [0, 0.05) is 6.92 Å². The maximum atomic E-state index is 10.6. The fraction of sp³-hybridized carbons (Fsp3) is 0.571. The summed E-state index contributed by atoms with van der Waals surface area (Å²) in [6.45, 7) is 3.88. The monoisotopic (exact) mass is 141 g/mol. The van der Waals surface area contributed by atoms with Crippen LogP contribution in [0.15, 0.2) is 0 Å². The van der Waals surface area contributed by atoms with Gasteiger partial charge < -0.3 is 0 Å². The largest absolute Gasteiger partial charge is 0.273 e. The lowest BCUT2D eigenvalue weighted by Crippen LogP contribution is -2.29. The molecule has 0 aromatic carbocycles. The Kier molecular flexibility index (Phi) is 4.34. The van der Waals surface area contributed by atoms with Gasteiger partial charge in [-0.15, -0.1) is 6.42 Å². The minimum atomic E-state index is -0.167. The summed E-state index contributed by atoms with van der Waals surface area (Å²) in [6, 6.07) is 0. The summed E-state index contributed by atoms with van der Waals surface area (Å²) in [4.78, 5) is 15.5. The summed E-state index contributed by atoms with van der Waals surface area (Å²) in [6.07, 6.45) is 4.97. The number of terminal acetylenes is 1. The summed E-state index contributed by atoms with van der Waals surface area (Å²) in [5.74, 6) is 2.15. The third kappa shape index (κ3) is 3.10. The first-order valence-electron chi connectivity index (χ1n) is 3.06. The van der Waals surface area contributed by atoms with E-state index < -0.39 is 0 Å². The van der Waals surface area contributed by atoms with E-state index in [0.717, 1.165) is 5.06 Å². The Morgan fingerprint density at radius 3 is 2.70 bits per heavy atom. The summed E-state index contributed by atoms with van der Waals surface area (Å²) < 4.78 is 0. The van der Waals surface area contributed by atoms with Gasteiger partial charge in [0.25, 0.3) is 0 Å². The molecule has 0 fully saturated rings. The van der Waals surface area contributed by atoms with Crippen molar-refractivity contribution >= 4 is 5.91 Å². The molecule has 0 N–H and O–H groups in total. The van der Waals surface area contributed by atoms with Crippen LogP contribution < -0.4 is 0 Å². The molecule has 3 heteroatoms. The molecule has 0 aromatic rings. The second-order valence-corrected chi connectivity index (χ2v) is 1.68. The van der Waals surface area contributed by atoms with E-state index in [2.05, 4.69) is 5.92 Å². The number of amides is 1. The molecule has 0 spiro atoms. The first-order chi connectivity index (χ1) is 4.72. The highest BCUT2D eigenvalue weighted by Crippen LogP contribution is 1.88. The van der Waals surface area contributed by atoms with Gasteiger partial charge in [-0.1, -0.05) is 5.92 Å². The molecule has 0 aliphatic heterocycles. The molecule has 10 heavy (non-hydrogen) atoms. The minimum Gasteiger partial charge on any atom is -0.273 e. The van der Waals surface area contributed by atoms with Crippen LogP contribution in [0, 0.1) is 12.3 Å². The molecular weight excluding hydrogens is 130 g/mol. The lowest BCUT2D eigenvalue weighted by Gasteiger charge is -2.15. The number of rotatable bonds is 3. The third-order valence-electron chi connectivity index (χ3n) is 0.871. The summed E-state index contributed by atoms with van der Waals surface area (Å²) in [5, 5.41) is 1.15. The number of hydrogen-bond acceptors (Lipinski definition) is 2. The van der Waals surface area contributed by atoms with Crippen LogP contribution in [-0.4, -0.2) is 24.1 Å². The van der Waals surface area contributed by atoms with Crippen molar-refractivity contribution in [3.05, 3.63) is 0 Å². The first kappa shape index (κ1) is 8.99. The quantitative estimate of drug-likeness (QED) is 0.421. The van der Waals surface area contributed by atoms with Crippen LogP contribution in [0.4, 0.5) is 0 Å². The molecule has 3 nitrogen and oxygen atoms in total. The van der Waals surface area contributed by atoms with Crippen LogP contribution in [0.2, 0.25) is 0 Å². The van der Waals surface area contributed by atoms with Gasteiger partial charge in [-0.05, 0) is 6.92 Å². The molecule has 0 rings (SSSR count). The molecule has 0 radical (unpaired) electrons. The topological polar surface area (TPSA) is 29.5 Å². The summed E-state index contributed by atoms with van der Waals surface area (Å²) in [5.41, 5.74) is 0. The molecule has 0 aromatic heterocycles. The second kappa shape index (κ2) is 4.83. The van der Waals surface area contributed by atoms with Crippen LogP contribution in [0.1, 0.15) is 13.8 Å². The van der Waals surface area contributed by atoms with Crippen LogP contribution in [0.5, 0.6) is 0 Å². The first-order valence-corrected chi connectivity index (χ1v) is 3.06. The molecule has 0 atom stereocenters. The standard InChI is InChI=1S/C7H11NO2/c1-4-6-8(7(3)9)10-5-2/h1H,5-6H2,2-3H3. The molecule has 0 saturated carbocycles. The van der Waals surface area contributed by atoms with Crippen molar-refractivity contribution < 1.29 is 9.63 Å². The molecule has 56 valence electrons. The summed E-state index contributed by atoms with van der Waals surface area (Å²) >= 11 is 0. The Balaban J connectivity index is 3.75. The van der Waals surface area contributed by atoms with Crippen LogP contribution >= 0.6 is 0 Å². The van der Waals surface area contributed by atoms with Crippen LogP contribution in [0.3, 0.4) is 0 Å². The SMILES string of the molecule is C#CCN(OCC)C(C)=O. The Hall–Kier alpha value is -1.01. The number of hydroxylamine groups is 2. The Morgan fingerprint density at radius 1 is 1.80 bits per heavy atom. The molecule has 0 saturated heterocycles. The van der Waals surface area contributed by atoms with Gasteiger partial charge in [0.2, 0.25) is 5.91 Å². The lowest BCUT2D eigenvalue weighted by atomic mass is 10.6. The van der Waals surface area contributed by atoms with Crippen molar-refractivity contribution in [2.45, 2.75) is 13.8 Å². The highest BCUT2D eigenvalue weighted by atomic mass is 16.7. The van der Waals surface area contributed by atoms with Crippen molar-refractivity contribution in [2.24, 2.45) is 0 Å². The van der Waals surface area contributed by atoms with Gasteiger partial charge in [-0.2, -0.15) is 0 Å². The summed E-state index contributed by atoms with van der Waals surface area (Å²) in [7, 11) is 0. The molecule has 0 bridgehead atoms. The van der Waals surface area contributed by atoms with Gasteiger partial charge in [-0.25, -0.2) is 5.06 Å². The van der Waals surface area contributed by atoms with Gasteiger partial charge in [0.05, 0.1) is 6.61 Å². The van der Waals surface area contributed by atoms with Crippen molar-refractivity contribution in [3.63, 3.8) is 0 Å². The maximum Gasteiger partial charge on any atom is 0.243 e. The van der Waals surface area contributed by atoms with E-state index in [1.54, 1.807) is 6.92 Å². The molecule has 0 aliphatic carbocycles. The van der Waals surface area contributed by atoms with E-state index in [4.69, 9.17) is 11.3 Å². The fourth-order valence-corrected chi connectivity index (χ4v) is 0.487. The normalized spacial score (nSPS) is 8.50. The Bertz CT molecular complexity index is 148. The van der Waals surface area contributed by atoms with Crippen molar-refractivity contribution in [1.29, 1.82) is 0 Å². The number of carbonyl (C=O) groups is 1. The van der Waals surface area contributed by atoms with Crippen molar-refractivity contribution in [3.8, 4) is 12.3 Å². The van der Waals surface area contributed by atoms with E-state index in [1.807, 2.05) is 0 Å². The molecule has 0 aliphatic rings. The van der Waals surface area contributed by atoms with Gasteiger partial charge in [0.1, 0.15) is 6.54 Å². The average molecular weight is 141 g/mol. The van der Waals surface area contributed by atoms with Crippen LogP contribution in [-0.2, 0) is 9.63 Å². The van der Waals surface area contributed by atoms with Gasteiger partial charge in [0.15, 0.2) is 0 Å². The van der Waals surface area contributed by atoms with E-state index >= 15 is 0 Å². The predicted octanol–water partition coefficient (Wildman–Crippen LogP) is 0.420. The number of hydrogen-bond donors (Lipinski definition) is 0. The lowest BCUT2D eigenvalue weighted by molar-refractivity contribution is -0.178. The van der Waals surface area contributed by atoms with Crippen molar-refractivity contribution in [1.82, 2.24) is 5.06 Å². The predicted molar refractivity (Wildman–Crippen MR) is 37.8 cm³/mol. The highest BCUT2D eigenvalue weighted by molar-refractivity contribution is 5.72. The van der Waals surface area contributed by atoms with E-state index in [-0.39, 0.29) is 12.5 Å². The molecule has 0 unspecified atom stereocenters. The maximum absolute atomic E-state index is 10.6. The molecular formula is C7H11NO2. The Morgan fingerprint density at radius 2 is 2.40 bits per heavy atom. The third-order valence-corrected chi connectivity index (χ3v) is 0.871. The number of nitrogens with zero attached hydrogens (tertiary/aromatic N) is 1.